The van der Waals surface area contributed by atoms with Gasteiger partial charge in [0.25, 0.3) is 5.91 Å². The second kappa shape index (κ2) is 7.46. The van der Waals surface area contributed by atoms with Crippen LogP contribution in [0.2, 0.25) is 0 Å². The van der Waals surface area contributed by atoms with Crippen LogP contribution in [0.25, 0.3) is 0 Å². The summed E-state index contributed by atoms with van der Waals surface area (Å²) in [5.41, 5.74) is 4.52. The zero-order chi connectivity index (χ0) is 21.6. The first kappa shape index (κ1) is 19.7. The molecular weight excluding hydrogens is 408 g/mol. The summed E-state index contributed by atoms with van der Waals surface area (Å²) in [6.45, 7) is 2.41. The van der Waals surface area contributed by atoms with E-state index in [0.29, 0.717) is 6.54 Å². The first-order chi connectivity index (χ1) is 15.0. The van der Waals surface area contributed by atoms with Crippen molar-refractivity contribution in [1.82, 2.24) is 0 Å². The second-order valence-electron chi connectivity index (χ2n) is 7.76. The Morgan fingerprint density at radius 2 is 1.77 bits per heavy atom. The number of hydrogen-bond donors (Lipinski definition) is 0. The van der Waals surface area contributed by atoms with Gasteiger partial charge in [-0.05, 0) is 42.8 Å². The third-order valence-corrected chi connectivity index (χ3v) is 7.22. The van der Waals surface area contributed by atoms with E-state index in [1.54, 1.807) is 16.9 Å². The van der Waals surface area contributed by atoms with Crippen LogP contribution in [-0.4, -0.2) is 24.7 Å². The normalized spacial score (nSPS) is 19.9. The number of methoxy groups -OCH3 is 1. The summed E-state index contributed by atoms with van der Waals surface area (Å²) in [6, 6.07) is 23.3. The van der Waals surface area contributed by atoms with Crippen LogP contribution in [0.3, 0.4) is 0 Å². The van der Waals surface area contributed by atoms with Crippen molar-refractivity contribution in [2.24, 2.45) is 0 Å². The average molecular weight is 431 g/mol. The van der Waals surface area contributed by atoms with Crippen molar-refractivity contribution in [3.63, 3.8) is 0 Å². The molecule has 2 aliphatic rings. The summed E-state index contributed by atoms with van der Waals surface area (Å²) < 4.78 is 5.35. The summed E-state index contributed by atoms with van der Waals surface area (Å²) in [6.07, 6.45) is 0. The number of carbonyl (C=O) groups excluding carboxylic acids is 2. The Kier molecular flexibility index (Phi) is 4.74. The SMILES string of the molecule is COc1cccc(CN2C(=O)[C@]3(SCC(=O)N3c3ccc(C)cc3)c3ccccc32)c1. The number of anilines is 2. The molecule has 2 heterocycles. The Labute approximate surface area is 185 Å². The Hall–Kier alpha value is -3.25. The molecule has 0 unspecified atom stereocenters. The molecule has 31 heavy (non-hydrogen) atoms. The van der Waals surface area contributed by atoms with E-state index in [4.69, 9.17) is 4.74 Å². The Balaban J connectivity index is 1.61. The minimum Gasteiger partial charge on any atom is -0.497 e. The second-order valence-corrected chi connectivity index (χ2v) is 8.93. The van der Waals surface area contributed by atoms with Crippen LogP contribution in [-0.2, 0) is 21.0 Å². The first-order valence-electron chi connectivity index (χ1n) is 10.1. The van der Waals surface area contributed by atoms with Gasteiger partial charge >= 0.3 is 0 Å². The van der Waals surface area contributed by atoms with Gasteiger partial charge in [-0.2, -0.15) is 0 Å². The largest absolute Gasteiger partial charge is 0.497 e. The van der Waals surface area contributed by atoms with Gasteiger partial charge < -0.3 is 9.64 Å². The summed E-state index contributed by atoms with van der Waals surface area (Å²) in [5.74, 6) is 0.869. The van der Waals surface area contributed by atoms with Crippen LogP contribution in [0.4, 0.5) is 11.4 Å². The van der Waals surface area contributed by atoms with E-state index in [1.165, 1.54) is 11.8 Å². The van der Waals surface area contributed by atoms with Gasteiger partial charge in [-0.25, -0.2) is 0 Å². The first-order valence-corrected chi connectivity index (χ1v) is 11.1. The summed E-state index contributed by atoms with van der Waals surface area (Å²) >= 11 is 1.40. The predicted molar refractivity (Wildman–Crippen MR) is 123 cm³/mol. The highest BCUT2D eigenvalue weighted by molar-refractivity contribution is 8.02. The van der Waals surface area contributed by atoms with Crippen molar-refractivity contribution < 1.29 is 14.3 Å². The zero-order valence-corrected chi connectivity index (χ0v) is 18.2. The smallest absolute Gasteiger partial charge is 0.269 e. The Morgan fingerprint density at radius 1 is 1.00 bits per heavy atom. The molecule has 156 valence electrons. The van der Waals surface area contributed by atoms with Crippen LogP contribution in [0.15, 0.2) is 72.8 Å². The van der Waals surface area contributed by atoms with Gasteiger partial charge in [0.2, 0.25) is 10.8 Å². The number of benzene rings is 3. The lowest BCUT2D eigenvalue weighted by Crippen LogP contribution is -2.49. The molecule has 2 aliphatic heterocycles. The maximum atomic E-state index is 14.0. The summed E-state index contributed by atoms with van der Waals surface area (Å²) in [7, 11) is 1.63. The topological polar surface area (TPSA) is 49.9 Å². The minimum atomic E-state index is -1.08. The van der Waals surface area contributed by atoms with E-state index in [-0.39, 0.29) is 17.6 Å². The van der Waals surface area contributed by atoms with Crippen molar-refractivity contribution in [2.75, 3.05) is 22.7 Å². The zero-order valence-electron chi connectivity index (χ0n) is 17.4. The van der Waals surface area contributed by atoms with Crippen molar-refractivity contribution in [3.8, 4) is 5.75 Å². The Morgan fingerprint density at radius 3 is 2.55 bits per heavy atom. The lowest BCUT2D eigenvalue weighted by atomic mass is 10.0. The molecule has 1 spiro atoms. The fraction of sp³-hybridized carbons (Fsp3) is 0.200. The van der Waals surface area contributed by atoms with Crippen LogP contribution in [0, 0.1) is 6.92 Å². The maximum absolute atomic E-state index is 14.0. The molecule has 0 N–H and O–H groups in total. The van der Waals surface area contributed by atoms with Crippen LogP contribution in [0.5, 0.6) is 5.75 Å². The predicted octanol–water partition coefficient (Wildman–Crippen LogP) is 4.48. The molecule has 3 aromatic rings. The van der Waals surface area contributed by atoms with Crippen LogP contribution >= 0.6 is 11.8 Å². The molecule has 1 atom stereocenters. The van der Waals surface area contributed by atoms with Gasteiger partial charge in [0.15, 0.2) is 0 Å². The van der Waals surface area contributed by atoms with Crippen molar-refractivity contribution >= 4 is 35.0 Å². The van der Waals surface area contributed by atoms with Gasteiger partial charge in [0, 0.05) is 11.3 Å². The van der Waals surface area contributed by atoms with Crippen LogP contribution < -0.4 is 14.5 Å². The lowest BCUT2D eigenvalue weighted by Gasteiger charge is -2.33. The molecule has 1 fully saturated rings. The van der Waals surface area contributed by atoms with Gasteiger partial charge in [-0.3, -0.25) is 14.5 Å². The van der Waals surface area contributed by atoms with E-state index < -0.39 is 4.87 Å². The molecule has 0 radical (unpaired) electrons. The number of ether oxygens (including phenoxy) is 1. The molecule has 0 aliphatic carbocycles. The van der Waals surface area contributed by atoms with Crippen molar-refractivity contribution in [3.05, 3.63) is 89.5 Å². The molecule has 6 heteroatoms. The quantitative estimate of drug-likeness (QED) is 0.612. The third-order valence-electron chi connectivity index (χ3n) is 5.83. The lowest BCUT2D eigenvalue weighted by molar-refractivity contribution is -0.123. The molecule has 0 saturated carbocycles. The number of amides is 2. The summed E-state index contributed by atoms with van der Waals surface area (Å²) in [4.78, 5) is 29.5. The molecule has 0 bridgehead atoms. The maximum Gasteiger partial charge on any atom is 0.269 e. The minimum absolute atomic E-state index is 0.0553. The van der Waals surface area contributed by atoms with Gasteiger partial charge in [0.05, 0.1) is 25.1 Å². The third kappa shape index (κ3) is 3.01. The number of thioether (sulfide) groups is 1. The molecular formula is C25H22N2O3S. The number of fused-ring (bicyclic) bond motifs is 2. The molecule has 1 saturated heterocycles. The summed E-state index contributed by atoms with van der Waals surface area (Å²) in [5, 5.41) is 0. The van der Waals surface area contributed by atoms with E-state index in [0.717, 1.165) is 33.8 Å². The number of carbonyl (C=O) groups is 2. The van der Waals surface area contributed by atoms with Gasteiger partial charge in [-0.1, -0.05) is 48.0 Å². The van der Waals surface area contributed by atoms with Gasteiger partial charge in [0.1, 0.15) is 5.75 Å². The van der Waals surface area contributed by atoms with Crippen LogP contribution in [0.1, 0.15) is 16.7 Å². The fourth-order valence-corrected chi connectivity index (χ4v) is 5.72. The molecule has 3 aromatic carbocycles. The standard InChI is InChI=1S/C25H22N2O3S/c1-17-10-12-19(13-11-17)27-23(28)16-31-25(27)21-8-3-4-9-22(21)26(24(25)29)15-18-6-5-7-20(14-18)30-2/h3-14H,15-16H2,1-2H3/t25-/m1/s1. The highest BCUT2D eigenvalue weighted by Gasteiger charge is 2.60. The molecule has 5 rings (SSSR count). The van der Waals surface area contributed by atoms with E-state index >= 15 is 0 Å². The average Bonchev–Trinajstić information content (AvgIpc) is 3.26. The van der Waals surface area contributed by atoms with Crippen molar-refractivity contribution in [1.29, 1.82) is 0 Å². The molecule has 0 aromatic heterocycles. The highest BCUT2D eigenvalue weighted by atomic mass is 32.2. The number of para-hydroxylation sites is 1. The van der Waals surface area contributed by atoms with Gasteiger partial charge in [-0.15, -0.1) is 11.8 Å². The Bertz CT molecular complexity index is 1180. The van der Waals surface area contributed by atoms with Crippen molar-refractivity contribution in [2.45, 2.75) is 18.3 Å². The molecule has 5 nitrogen and oxygen atoms in total. The number of nitrogens with zero attached hydrogens (tertiary/aromatic N) is 2. The highest BCUT2D eigenvalue weighted by Crippen LogP contribution is 2.55. The van der Waals surface area contributed by atoms with E-state index in [2.05, 4.69) is 0 Å². The van der Waals surface area contributed by atoms with E-state index in [1.807, 2.05) is 79.7 Å². The fourth-order valence-electron chi connectivity index (χ4n) is 4.36. The number of rotatable bonds is 4. The monoisotopic (exact) mass is 430 g/mol. The number of hydrogen-bond acceptors (Lipinski definition) is 4. The number of aryl methyl sites for hydroxylation is 1. The molecule has 2 amide bonds. The van der Waals surface area contributed by atoms with E-state index in [9.17, 15) is 9.59 Å².